The maximum absolute atomic E-state index is 12.5. The number of likely N-dealkylation sites (tertiary alicyclic amines) is 1. The third-order valence-electron chi connectivity index (χ3n) is 4.45. The molecule has 2 amide bonds. The summed E-state index contributed by atoms with van der Waals surface area (Å²) in [5, 5.41) is 5.12. The molecule has 0 radical (unpaired) electrons. The number of thiophene rings is 1. The lowest BCUT2D eigenvalue weighted by atomic mass is 10.0. The van der Waals surface area contributed by atoms with Crippen LogP contribution >= 0.6 is 11.3 Å². The van der Waals surface area contributed by atoms with Crippen LogP contribution in [0.2, 0.25) is 0 Å². The van der Waals surface area contributed by atoms with Gasteiger partial charge in [-0.25, -0.2) is 4.79 Å². The predicted molar refractivity (Wildman–Crippen MR) is 88.2 cm³/mol. The molecule has 0 aromatic carbocycles. The minimum Gasteiger partial charge on any atom is -0.379 e. The highest BCUT2D eigenvalue weighted by atomic mass is 32.1. The summed E-state index contributed by atoms with van der Waals surface area (Å²) >= 11 is 1.69. The topological polar surface area (TPSA) is 44.8 Å². The minimum absolute atomic E-state index is 0.0892. The first-order valence-corrected chi connectivity index (χ1v) is 9.08. The van der Waals surface area contributed by atoms with Crippen molar-refractivity contribution in [2.75, 3.05) is 39.4 Å². The summed E-state index contributed by atoms with van der Waals surface area (Å²) in [6, 6.07) is 4.52. The number of amides is 2. The van der Waals surface area contributed by atoms with E-state index in [0.29, 0.717) is 12.6 Å². The van der Waals surface area contributed by atoms with E-state index in [2.05, 4.69) is 16.3 Å². The van der Waals surface area contributed by atoms with Crippen LogP contribution in [0.3, 0.4) is 0 Å². The van der Waals surface area contributed by atoms with Crippen LogP contribution in [-0.2, 0) is 11.3 Å². The van der Waals surface area contributed by atoms with E-state index in [4.69, 9.17) is 4.74 Å². The van der Waals surface area contributed by atoms with Gasteiger partial charge in [0.1, 0.15) is 0 Å². The van der Waals surface area contributed by atoms with Gasteiger partial charge in [0, 0.05) is 37.1 Å². The van der Waals surface area contributed by atoms with Crippen LogP contribution in [0.15, 0.2) is 17.5 Å². The molecule has 1 N–H and O–H groups in total. The van der Waals surface area contributed by atoms with E-state index in [-0.39, 0.29) is 6.03 Å². The van der Waals surface area contributed by atoms with Crippen LogP contribution in [-0.4, -0.2) is 61.3 Å². The molecule has 122 valence electrons. The third kappa shape index (κ3) is 4.21. The molecule has 2 fully saturated rings. The van der Waals surface area contributed by atoms with E-state index < -0.39 is 0 Å². The van der Waals surface area contributed by atoms with Gasteiger partial charge in [-0.2, -0.15) is 0 Å². The van der Waals surface area contributed by atoms with Crippen LogP contribution in [0.1, 0.15) is 24.1 Å². The molecule has 2 aliphatic rings. The van der Waals surface area contributed by atoms with Crippen molar-refractivity contribution in [1.82, 2.24) is 15.1 Å². The summed E-state index contributed by atoms with van der Waals surface area (Å²) in [5.74, 6) is 0. The molecule has 22 heavy (non-hydrogen) atoms. The van der Waals surface area contributed by atoms with Crippen LogP contribution in [0.4, 0.5) is 4.79 Å². The lowest BCUT2D eigenvalue weighted by molar-refractivity contribution is 0.0221. The Labute approximate surface area is 136 Å². The summed E-state index contributed by atoms with van der Waals surface area (Å²) < 4.78 is 5.41. The Bertz CT molecular complexity index is 460. The second-order valence-corrected chi connectivity index (χ2v) is 7.03. The van der Waals surface area contributed by atoms with Gasteiger partial charge in [0.25, 0.3) is 0 Å². The number of carbonyl (C=O) groups is 1. The van der Waals surface area contributed by atoms with Crippen molar-refractivity contribution in [1.29, 1.82) is 0 Å². The number of nitrogens with zero attached hydrogens (tertiary/aromatic N) is 2. The number of urea groups is 1. The average Bonchev–Trinajstić information content (AvgIpc) is 3.08. The van der Waals surface area contributed by atoms with Crippen LogP contribution in [0, 0.1) is 0 Å². The van der Waals surface area contributed by atoms with Crippen LogP contribution < -0.4 is 5.32 Å². The zero-order chi connectivity index (χ0) is 15.2. The third-order valence-corrected chi connectivity index (χ3v) is 5.33. The van der Waals surface area contributed by atoms with Gasteiger partial charge in [0.05, 0.1) is 19.8 Å². The van der Waals surface area contributed by atoms with E-state index in [1.165, 1.54) is 11.3 Å². The standard InChI is InChI=1S/C16H25N3O2S/c20-16(17-12-15-5-3-11-22-15)19-6-2-1-4-14(19)13-18-7-9-21-10-8-18/h3,5,11,14H,1-2,4,6-10,12-13H2,(H,17,20). The fraction of sp³-hybridized carbons (Fsp3) is 0.688. The number of nitrogens with one attached hydrogen (secondary N) is 1. The Hall–Kier alpha value is -1.11. The number of ether oxygens (including phenoxy) is 1. The Morgan fingerprint density at radius 1 is 1.32 bits per heavy atom. The normalized spacial score (nSPS) is 23.5. The summed E-state index contributed by atoms with van der Waals surface area (Å²) in [6.45, 7) is 6.11. The average molecular weight is 323 g/mol. The zero-order valence-electron chi connectivity index (χ0n) is 13.0. The Morgan fingerprint density at radius 3 is 2.95 bits per heavy atom. The smallest absolute Gasteiger partial charge is 0.317 e. The molecule has 0 saturated carbocycles. The molecule has 6 heteroatoms. The fourth-order valence-electron chi connectivity index (χ4n) is 3.22. The first-order chi connectivity index (χ1) is 10.8. The molecule has 0 bridgehead atoms. The molecule has 0 spiro atoms. The van der Waals surface area contributed by atoms with Crippen molar-refractivity contribution in [3.05, 3.63) is 22.4 Å². The maximum Gasteiger partial charge on any atom is 0.317 e. The Kier molecular flexibility index (Phi) is 5.70. The predicted octanol–water partition coefficient (Wildman–Crippen LogP) is 2.14. The van der Waals surface area contributed by atoms with Crippen molar-refractivity contribution in [3.8, 4) is 0 Å². The van der Waals surface area contributed by atoms with Crippen molar-refractivity contribution in [3.63, 3.8) is 0 Å². The molecule has 3 heterocycles. The van der Waals surface area contributed by atoms with Gasteiger partial charge in [-0.05, 0) is 30.7 Å². The second kappa shape index (κ2) is 7.94. The first-order valence-electron chi connectivity index (χ1n) is 8.20. The van der Waals surface area contributed by atoms with Gasteiger partial charge >= 0.3 is 6.03 Å². The number of rotatable bonds is 4. The molecule has 1 unspecified atom stereocenters. The van der Waals surface area contributed by atoms with Crippen molar-refractivity contribution in [2.45, 2.75) is 31.8 Å². The monoisotopic (exact) mass is 323 g/mol. The van der Waals surface area contributed by atoms with Crippen LogP contribution in [0.25, 0.3) is 0 Å². The van der Waals surface area contributed by atoms with E-state index in [9.17, 15) is 4.79 Å². The Balaban J connectivity index is 1.52. The van der Waals surface area contributed by atoms with Gasteiger partial charge in [-0.1, -0.05) is 6.07 Å². The number of morpholine rings is 1. The summed E-state index contributed by atoms with van der Waals surface area (Å²) in [5.41, 5.74) is 0. The molecule has 2 aliphatic heterocycles. The number of hydrogen-bond acceptors (Lipinski definition) is 4. The summed E-state index contributed by atoms with van der Waals surface area (Å²) in [7, 11) is 0. The van der Waals surface area contributed by atoms with Crippen molar-refractivity contribution in [2.24, 2.45) is 0 Å². The first kappa shape index (κ1) is 15.8. The lowest BCUT2D eigenvalue weighted by Gasteiger charge is -2.39. The summed E-state index contributed by atoms with van der Waals surface area (Å²) in [4.78, 5) is 18.2. The molecule has 3 rings (SSSR count). The minimum atomic E-state index is 0.0892. The summed E-state index contributed by atoms with van der Waals surface area (Å²) in [6.07, 6.45) is 3.46. The van der Waals surface area contributed by atoms with Gasteiger partial charge < -0.3 is 15.0 Å². The van der Waals surface area contributed by atoms with Crippen molar-refractivity contribution < 1.29 is 9.53 Å². The fourth-order valence-corrected chi connectivity index (χ4v) is 3.86. The van der Waals surface area contributed by atoms with Crippen LogP contribution in [0.5, 0.6) is 0 Å². The highest BCUT2D eigenvalue weighted by molar-refractivity contribution is 7.09. The highest BCUT2D eigenvalue weighted by Crippen LogP contribution is 2.19. The largest absolute Gasteiger partial charge is 0.379 e. The van der Waals surface area contributed by atoms with Gasteiger partial charge in [-0.15, -0.1) is 11.3 Å². The van der Waals surface area contributed by atoms with Gasteiger partial charge in [0.15, 0.2) is 0 Å². The maximum atomic E-state index is 12.5. The van der Waals surface area contributed by atoms with Crippen molar-refractivity contribution >= 4 is 17.4 Å². The highest BCUT2D eigenvalue weighted by Gasteiger charge is 2.28. The van der Waals surface area contributed by atoms with E-state index in [0.717, 1.165) is 52.2 Å². The lowest BCUT2D eigenvalue weighted by Crippen LogP contribution is -2.53. The molecular weight excluding hydrogens is 298 g/mol. The van der Waals surface area contributed by atoms with E-state index >= 15 is 0 Å². The zero-order valence-corrected chi connectivity index (χ0v) is 13.8. The molecule has 1 atom stereocenters. The SMILES string of the molecule is O=C(NCc1cccs1)N1CCCCC1CN1CCOCC1. The van der Waals surface area contributed by atoms with Gasteiger partial charge in [0.2, 0.25) is 0 Å². The number of hydrogen-bond donors (Lipinski definition) is 1. The molecule has 1 aromatic rings. The van der Waals surface area contributed by atoms with Gasteiger partial charge in [-0.3, -0.25) is 4.90 Å². The molecule has 1 aromatic heterocycles. The quantitative estimate of drug-likeness (QED) is 0.923. The molecular formula is C16H25N3O2S. The Morgan fingerprint density at radius 2 is 2.18 bits per heavy atom. The second-order valence-electron chi connectivity index (χ2n) is 5.99. The number of piperidine rings is 1. The van der Waals surface area contributed by atoms with E-state index in [1.807, 2.05) is 16.3 Å². The molecule has 5 nitrogen and oxygen atoms in total. The number of carbonyl (C=O) groups excluding carboxylic acids is 1. The molecule has 2 saturated heterocycles. The molecule has 0 aliphatic carbocycles. The van der Waals surface area contributed by atoms with E-state index in [1.54, 1.807) is 11.3 Å².